The Bertz CT molecular complexity index is 1120. The fourth-order valence-corrected chi connectivity index (χ4v) is 4.56. The van der Waals surface area contributed by atoms with Gasteiger partial charge in [0.15, 0.2) is 0 Å². The highest BCUT2D eigenvalue weighted by atomic mass is 16.1. The van der Waals surface area contributed by atoms with Crippen molar-refractivity contribution in [3.63, 3.8) is 0 Å². The van der Waals surface area contributed by atoms with Gasteiger partial charge in [-0.1, -0.05) is 31.4 Å². The van der Waals surface area contributed by atoms with Crippen molar-refractivity contribution in [2.75, 3.05) is 7.05 Å². The number of amides is 1. The van der Waals surface area contributed by atoms with Crippen molar-refractivity contribution in [3.05, 3.63) is 63.3 Å². The highest BCUT2D eigenvalue weighted by Crippen LogP contribution is 2.33. The number of rotatable bonds is 4. The van der Waals surface area contributed by atoms with Gasteiger partial charge in [0.2, 0.25) is 0 Å². The maximum Gasteiger partial charge on any atom is 0.263 e. The van der Waals surface area contributed by atoms with Crippen molar-refractivity contribution < 1.29 is 4.79 Å². The van der Waals surface area contributed by atoms with Crippen LogP contribution >= 0.6 is 0 Å². The van der Waals surface area contributed by atoms with Crippen LogP contribution in [0.25, 0.3) is 11.0 Å². The fraction of sp³-hybridized carbons (Fsp3) is 0.435. The van der Waals surface area contributed by atoms with Crippen molar-refractivity contribution >= 4 is 16.9 Å². The molecular formula is C23H28N4O2. The molecule has 6 heteroatoms. The number of carbonyl (C=O) groups excluding carboxylic acids is 1. The summed E-state index contributed by atoms with van der Waals surface area (Å²) in [5.74, 6) is -0.135. The molecule has 1 saturated carbocycles. The molecule has 29 heavy (non-hydrogen) atoms. The zero-order valence-electron chi connectivity index (χ0n) is 17.4. The molecule has 1 N–H and O–H groups in total. The minimum absolute atomic E-state index is 0.0181. The number of hydrogen-bond donors (Lipinski definition) is 1. The minimum atomic E-state index is -0.135. The molecule has 0 spiro atoms. The van der Waals surface area contributed by atoms with Crippen molar-refractivity contribution in [2.45, 2.75) is 58.5 Å². The summed E-state index contributed by atoms with van der Waals surface area (Å²) >= 11 is 0. The molecule has 3 aromatic rings. The van der Waals surface area contributed by atoms with E-state index < -0.39 is 0 Å². The van der Waals surface area contributed by atoms with E-state index in [1.54, 1.807) is 24.0 Å². The first kappa shape index (κ1) is 19.4. The van der Waals surface area contributed by atoms with Gasteiger partial charge in [0.05, 0.1) is 11.9 Å². The van der Waals surface area contributed by atoms with E-state index in [0.29, 0.717) is 18.2 Å². The number of nitrogens with zero attached hydrogens (tertiary/aromatic N) is 3. The summed E-state index contributed by atoms with van der Waals surface area (Å²) in [6.07, 6.45) is 7.73. The summed E-state index contributed by atoms with van der Waals surface area (Å²) in [6, 6.07) is 7.79. The Balaban J connectivity index is 1.75. The predicted octanol–water partition coefficient (Wildman–Crippen LogP) is 3.73. The van der Waals surface area contributed by atoms with Gasteiger partial charge in [0.1, 0.15) is 12.0 Å². The van der Waals surface area contributed by atoms with E-state index in [2.05, 4.69) is 16.8 Å². The molecule has 0 bridgehead atoms. The Morgan fingerprint density at radius 3 is 2.69 bits per heavy atom. The van der Waals surface area contributed by atoms with Crippen LogP contribution in [-0.4, -0.2) is 27.1 Å². The van der Waals surface area contributed by atoms with Crippen LogP contribution in [0.3, 0.4) is 0 Å². The molecule has 6 nitrogen and oxygen atoms in total. The molecule has 0 atom stereocenters. The van der Waals surface area contributed by atoms with Crippen LogP contribution in [0.2, 0.25) is 0 Å². The molecule has 1 amide bonds. The van der Waals surface area contributed by atoms with Gasteiger partial charge in [-0.3, -0.25) is 14.2 Å². The highest BCUT2D eigenvalue weighted by Gasteiger charge is 2.23. The van der Waals surface area contributed by atoms with Crippen LogP contribution in [0, 0.1) is 13.8 Å². The zero-order chi connectivity index (χ0) is 20.5. The maximum absolute atomic E-state index is 13.3. The molecule has 2 heterocycles. The average Bonchev–Trinajstić information content (AvgIpc) is 3.01. The molecule has 1 fully saturated rings. The second-order valence-electron chi connectivity index (χ2n) is 8.03. The van der Waals surface area contributed by atoms with Crippen LogP contribution in [0.5, 0.6) is 0 Å². The molecule has 2 aromatic heterocycles. The third kappa shape index (κ3) is 3.48. The number of aryl methyl sites for hydroxylation is 1. The first-order valence-corrected chi connectivity index (χ1v) is 10.4. The number of fused-ring (bicyclic) bond motifs is 1. The second kappa shape index (κ2) is 7.85. The zero-order valence-corrected chi connectivity index (χ0v) is 17.4. The average molecular weight is 393 g/mol. The molecule has 0 aliphatic heterocycles. The van der Waals surface area contributed by atoms with Gasteiger partial charge in [-0.25, -0.2) is 4.98 Å². The van der Waals surface area contributed by atoms with Crippen molar-refractivity contribution in [1.82, 2.24) is 19.4 Å². The van der Waals surface area contributed by atoms with E-state index in [9.17, 15) is 9.59 Å². The fourth-order valence-electron chi connectivity index (χ4n) is 4.56. The van der Waals surface area contributed by atoms with Gasteiger partial charge in [0.25, 0.3) is 11.5 Å². The van der Waals surface area contributed by atoms with E-state index in [-0.39, 0.29) is 11.5 Å². The molecular weight excluding hydrogens is 364 g/mol. The van der Waals surface area contributed by atoms with Crippen molar-refractivity contribution in [2.24, 2.45) is 0 Å². The number of benzene rings is 1. The lowest BCUT2D eigenvalue weighted by Crippen LogP contribution is -2.23. The van der Waals surface area contributed by atoms with E-state index in [1.165, 1.54) is 19.3 Å². The van der Waals surface area contributed by atoms with Gasteiger partial charge in [-0.05, 0) is 49.9 Å². The Morgan fingerprint density at radius 1 is 1.21 bits per heavy atom. The Labute approximate surface area is 170 Å². The van der Waals surface area contributed by atoms with Crippen LogP contribution in [0.15, 0.2) is 35.4 Å². The standard InChI is InChI=1S/C23H28N4O2/c1-15-16(2)27(19-10-5-4-6-11-19)21-20(15)23(29)26(14-25-21)13-17-8-7-9-18(12-17)22(28)24-3/h7-9,12,14,19H,4-6,10-11,13H2,1-3H3,(H,24,28). The summed E-state index contributed by atoms with van der Waals surface area (Å²) in [5, 5.41) is 3.35. The number of aromatic nitrogens is 3. The summed E-state index contributed by atoms with van der Waals surface area (Å²) < 4.78 is 3.94. The molecule has 1 aromatic carbocycles. The topological polar surface area (TPSA) is 68.9 Å². The van der Waals surface area contributed by atoms with Gasteiger partial charge in [-0.15, -0.1) is 0 Å². The lowest BCUT2D eigenvalue weighted by molar-refractivity contribution is 0.0963. The van der Waals surface area contributed by atoms with Gasteiger partial charge in [0, 0.05) is 24.3 Å². The SMILES string of the molecule is CNC(=O)c1cccc(Cn2cnc3c(c(C)c(C)n3C3CCCCC3)c2=O)c1. The Morgan fingerprint density at radius 2 is 1.97 bits per heavy atom. The quantitative estimate of drug-likeness (QED) is 0.736. The molecule has 152 valence electrons. The Kier molecular flexibility index (Phi) is 5.26. The van der Waals surface area contributed by atoms with E-state index >= 15 is 0 Å². The number of hydrogen-bond acceptors (Lipinski definition) is 3. The smallest absolute Gasteiger partial charge is 0.263 e. The molecule has 0 saturated heterocycles. The molecule has 0 unspecified atom stereocenters. The van der Waals surface area contributed by atoms with Gasteiger partial charge >= 0.3 is 0 Å². The van der Waals surface area contributed by atoms with E-state index in [0.717, 1.165) is 40.7 Å². The van der Waals surface area contributed by atoms with Crippen molar-refractivity contribution in [1.29, 1.82) is 0 Å². The molecule has 1 aliphatic rings. The third-order valence-electron chi connectivity index (χ3n) is 6.23. The van der Waals surface area contributed by atoms with Crippen molar-refractivity contribution in [3.8, 4) is 0 Å². The number of carbonyl (C=O) groups is 1. The van der Waals surface area contributed by atoms with Crippen LogP contribution in [0.4, 0.5) is 0 Å². The molecule has 4 rings (SSSR count). The van der Waals surface area contributed by atoms with Crippen LogP contribution < -0.4 is 10.9 Å². The second-order valence-corrected chi connectivity index (χ2v) is 8.03. The molecule has 1 aliphatic carbocycles. The third-order valence-corrected chi connectivity index (χ3v) is 6.23. The Hall–Kier alpha value is -2.89. The first-order valence-electron chi connectivity index (χ1n) is 10.4. The monoisotopic (exact) mass is 392 g/mol. The highest BCUT2D eigenvalue weighted by molar-refractivity contribution is 5.94. The summed E-state index contributed by atoms with van der Waals surface area (Å²) in [4.78, 5) is 29.9. The maximum atomic E-state index is 13.3. The first-order chi connectivity index (χ1) is 14.0. The summed E-state index contributed by atoms with van der Waals surface area (Å²) in [7, 11) is 1.61. The van der Waals surface area contributed by atoms with Gasteiger partial charge in [-0.2, -0.15) is 0 Å². The largest absolute Gasteiger partial charge is 0.355 e. The lowest BCUT2D eigenvalue weighted by Gasteiger charge is -2.25. The lowest BCUT2D eigenvalue weighted by atomic mass is 9.95. The normalized spacial score (nSPS) is 15.0. The summed E-state index contributed by atoms with van der Waals surface area (Å²) in [5.41, 5.74) is 4.45. The van der Waals surface area contributed by atoms with Crippen LogP contribution in [-0.2, 0) is 6.54 Å². The predicted molar refractivity (Wildman–Crippen MR) is 115 cm³/mol. The van der Waals surface area contributed by atoms with Gasteiger partial charge < -0.3 is 9.88 Å². The summed E-state index contributed by atoms with van der Waals surface area (Å²) in [6.45, 7) is 4.51. The number of nitrogens with one attached hydrogen (secondary N) is 1. The van der Waals surface area contributed by atoms with Crippen LogP contribution in [0.1, 0.15) is 65.3 Å². The van der Waals surface area contributed by atoms with E-state index in [1.807, 2.05) is 25.1 Å². The molecule has 0 radical (unpaired) electrons. The van der Waals surface area contributed by atoms with E-state index in [4.69, 9.17) is 4.98 Å². The minimum Gasteiger partial charge on any atom is -0.355 e.